The van der Waals surface area contributed by atoms with Gasteiger partial charge in [-0.15, -0.1) is 0 Å². The lowest BCUT2D eigenvalue weighted by molar-refractivity contribution is -0.123. The van der Waals surface area contributed by atoms with Crippen LogP contribution in [0, 0.1) is 12.3 Å². The lowest BCUT2D eigenvalue weighted by Crippen LogP contribution is -2.34. The van der Waals surface area contributed by atoms with Crippen LogP contribution in [0.1, 0.15) is 46.4 Å². The summed E-state index contributed by atoms with van der Waals surface area (Å²) in [4.78, 5) is 50.2. The van der Waals surface area contributed by atoms with Crippen molar-refractivity contribution in [1.82, 2.24) is 25.1 Å². The molecule has 0 radical (unpaired) electrons. The van der Waals surface area contributed by atoms with Crippen molar-refractivity contribution in [2.24, 2.45) is 5.41 Å². The number of carboxylic acid groups (broad SMARTS) is 1. The number of anilines is 1. The smallest absolute Gasteiger partial charge is 0.318 e. The predicted octanol–water partition coefficient (Wildman–Crippen LogP) is 2.55. The van der Waals surface area contributed by atoms with E-state index >= 15 is 0 Å². The highest BCUT2D eigenvalue weighted by atomic mass is 16.5. The van der Waals surface area contributed by atoms with Crippen molar-refractivity contribution in [3.63, 3.8) is 0 Å². The minimum absolute atomic E-state index is 0.0524. The molecular weight excluding hydrogens is 552 g/mol. The van der Waals surface area contributed by atoms with E-state index in [1.54, 1.807) is 17.0 Å². The molecule has 1 aliphatic carbocycles. The minimum Gasteiger partial charge on any atom is -0.508 e. The first kappa shape index (κ1) is 30.0. The highest BCUT2D eigenvalue weighted by Crippen LogP contribution is 2.46. The number of aryl methyl sites for hydroxylation is 1. The summed E-state index contributed by atoms with van der Waals surface area (Å²) in [5, 5.41) is 21.9. The molecule has 3 heterocycles. The van der Waals surface area contributed by atoms with Gasteiger partial charge in [0.2, 0.25) is 5.91 Å². The topological polar surface area (TPSA) is 148 Å². The zero-order chi connectivity index (χ0) is 30.7. The SMILES string of the molecule is Cc1cccc2cc(O)cc(C(=O)N3Cc4nc(OCC5(CN(C)C)CC5)nc(N5CCCNC(=O)C5)c4C3)c12.O=CO. The van der Waals surface area contributed by atoms with Crippen molar-refractivity contribution in [1.29, 1.82) is 0 Å². The summed E-state index contributed by atoms with van der Waals surface area (Å²) in [6.07, 6.45) is 3.01. The number of ether oxygens (including phenoxy) is 1. The second-order valence-electron chi connectivity index (χ2n) is 11.8. The Kier molecular flexibility index (Phi) is 8.67. The molecule has 0 spiro atoms. The molecule has 1 aromatic heterocycles. The summed E-state index contributed by atoms with van der Waals surface area (Å²) in [6, 6.07) is 9.30. The molecule has 2 aromatic carbocycles. The van der Waals surface area contributed by atoms with Crippen LogP contribution in [0.4, 0.5) is 5.82 Å². The van der Waals surface area contributed by atoms with Crippen LogP contribution in [0.15, 0.2) is 30.3 Å². The number of aromatic nitrogens is 2. The zero-order valence-electron chi connectivity index (χ0n) is 24.8. The number of nitrogens with one attached hydrogen (secondary N) is 1. The quantitative estimate of drug-likeness (QED) is 0.351. The van der Waals surface area contributed by atoms with Gasteiger partial charge in [0.05, 0.1) is 37.5 Å². The van der Waals surface area contributed by atoms with Gasteiger partial charge in [-0.1, -0.05) is 18.2 Å². The summed E-state index contributed by atoms with van der Waals surface area (Å²) in [6.45, 7) is 5.27. The molecule has 43 heavy (non-hydrogen) atoms. The normalized spacial score (nSPS) is 17.1. The Balaban J connectivity index is 0.00000118. The number of nitrogens with zero attached hydrogens (tertiary/aromatic N) is 5. The molecule has 3 aliphatic rings. The van der Waals surface area contributed by atoms with Crippen molar-refractivity contribution in [3.8, 4) is 11.8 Å². The highest BCUT2D eigenvalue weighted by molar-refractivity contribution is 6.09. The van der Waals surface area contributed by atoms with Crippen LogP contribution in [0.2, 0.25) is 0 Å². The summed E-state index contributed by atoms with van der Waals surface area (Å²) < 4.78 is 6.21. The third-order valence-corrected chi connectivity index (χ3v) is 8.10. The number of carbonyl (C=O) groups excluding carboxylic acids is 2. The van der Waals surface area contributed by atoms with Gasteiger partial charge in [0.15, 0.2) is 0 Å². The van der Waals surface area contributed by atoms with Crippen molar-refractivity contribution in [2.45, 2.75) is 39.3 Å². The molecular formula is C31H38N6O6. The van der Waals surface area contributed by atoms with Crippen LogP contribution in [0.3, 0.4) is 0 Å². The largest absolute Gasteiger partial charge is 0.508 e. The molecule has 0 unspecified atom stereocenters. The number of fused-ring (bicyclic) bond motifs is 2. The van der Waals surface area contributed by atoms with Crippen LogP contribution in [-0.4, -0.2) is 95.1 Å². The van der Waals surface area contributed by atoms with Gasteiger partial charge in [-0.05, 0) is 68.8 Å². The van der Waals surface area contributed by atoms with E-state index in [1.807, 2.05) is 30.0 Å². The first-order valence-corrected chi connectivity index (χ1v) is 14.4. The summed E-state index contributed by atoms with van der Waals surface area (Å²) in [5.41, 5.74) is 3.11. The Bertz CT molecular complexity index is 1540. The lowest BCUT2D eigenvalue weighted by atomic mass is 9.98. The number of aromatic hydroxyl groups is 1. The number of hydrogen-bond acceptors (Lipinski definition) is 9. The first-order valence-electron chi connectivity index (χ1n) is 14.4. The number of benzene rings is 2. The zero-order valence-corrected chi connectivity index (χ0v) is 24.8. The van der Waals surface area contributed by atoms with Gasteiger partial charge in [0.25, 0.3) is 12.4 Å². The fourth-order valence-electron chi connectivity index (χ4n) is 6.02. The molecule has 3 aromatic rings. The van der Waals surface area contributed by atoms with Crippen LogP contribution in [0.5, 0.6) is 11.8 Å². The third-order valence-electron chi connectivity index (χ3n) is 8.10. The monoisotopic (exact) mass is 590 g/mol. The summed E-state index contributed by atoms with van der Waals surface area (Å²) >= 11 is 0. The maximum Gasteiger partial charge on any atom is 0.318 e. The highest BCUT2D eigenvalue weighted by Gasteiger charge is 2.44. The van der Waals surface area contributed by atoms with Crippen LogP contribution in [0.25, 0.3) is 10.8 Å². The van der Waals surface area contributed by atoms with E-state index in [2.05, 4.69) is 24.3 Å². The second kappa shape index (κ2) is 12.4. The fraction of sp³-hybridized carbons (Fsp3) is 0.452. The van der Waals surface area contributed by atoms with E-state index in [1.165, 1.54) is 0 Å². The van der Waals surface area contributed by atoms with Crippen molar-refractivity contribution in [2.75, 3.05) is 51.8 Å². The van der Waals surface area contributed by atoms with E-state index in [-0.39, 0.29) is 42.0 Å². The molecule has 0 atom stereocenters. The second-order valence-corrected chi connectivity index (χ2v) is 11.8. The first-order chi connectivity index (χ1) is 20.6. The maximum atomic E-state index is 13.9. The Hall–Kier alpha value is -4.45. The standard InChI is InChI=1S/C30H36N6O4.CH2O2/c1-19-6-4-7-20-12-21(37)13-22(26(19)20)28(39)36-14-23-24(15-36)32-29(40-18-30(8-9-30)17-34(2)3)33-27(23)35-11-5-10-31-25(38)16-35;2-1-3/h4,6-7,12-13,37H,5,8-11,14-18H2,1-3H3,(H,31,38);1H,(H,2,3). The predicted molar refractivity (Wildman–Crippen MR) is 160 cm³/mol. The average Bonchev–Trinajstić information content (AvgIpc) is 3.64. The van der Waals surface area contributed by atoms with E-state index in [9.17, 15) is 14.7 Å². The number of phenolic OH excluding ortho intramolecular Hbond substituents is 1. The van der Waals surface area contributed by atoms with Crippen LogP contribution >= 0.6 is 0 Å². The number of carbonyl (C=O) groups is 3. The third kappa shape index (κ3) is 6.64. The molecule has 2 aliphatic heterocycles. The lowest BCUT2D eigenvalue weighted by Gasteiger charge is -2.24. The Morgan fingerprint density at radius 2 is 1.95 bits per heavy atom. The Morgan fingerprint density at radius 1 is 1.19 bits per heavy atom. The van der Waals surface area contributed by atoms with E-state index < -0.39 is 0 Å². The Morgan fingerprint density at radius 3 is 2.67 bits per heavy atom. The van der Waals surface area contributed by atoms with Gasteiger partial charge < -0.3 is 35.0 Å². The van der Waals surface area contributed by atoms with Crippen LogP contribution < -0.4 is 15.0 Å². The Labute approximate surface area is 250 Å². The molecule has 3 N–H and O–H groups in total. The van der Waals surface area contributed by atoms with Gasteiger partial charge >= 0.3 is 6.01 Å². The molecule has 228 valence electrons. The molecule has 1 saturated carbocycles. The van der Waals surface area contributed by atoms with Gasteiger partial charge in [-0.3, -0.25) is 14.4 Å². The number of amides is 2. The molecule has 0 bridgehead atoms. The summed E-state index contributed by atoms with van der Waals surface area (Å²) in [5.74, 6) is 0.472. The van der Waals surface area contributed by atoms with Crippen molar-refractivity contribution >= 4 is 34.9 Å². The molecule has 2 fully saturated rings. The van der Waals surface area contributed by atoms with Crippen LogP contribution in [-0.2, 0) is 22.7 Å². The van der Waals surface area contributed by atoms with Gasteiger partial charge in [-0.25, -0.2) is 0 Å². The number of phenols is 1. The van der Waals surface area contributed by atoms with Gasteiger partial charge in [0.1, 0.15) is 11.6 Å². The molecule has 12 heteroatoms. The number of rotatable bonds is 7. The van der Waals surface area contributed by atoms with Crippen molar-refractivity contribution in [3.05, 3.63) is 52.7 Å². The van der Waals surface area contributed by atoms with Gasteiger partial charge in [0, 0.05) is 30.6 Å². The molecule has 1 saturated heterocycles. The van der Waals surface area contributed by atoms with E-state index in [4.69, 9.17) is 24.6 Å². The summed E-state index contributed by atoms with van der Waals surface area (Å²) in [7, 11) is 4.13. The fourth-order valence-corrected chi connectivity index (χ4v) is 6.02. The minimum atomic E-state index is -0.250. The van der Waals surface area contributed by atoms with E-state index in [0.29, 0.717) is 44.2 Å². The van der Waals surface area contributed by atoms with Gasteiger partial charge in [-0.2, -0.15) is 9.97 Å². The molecule has 6 rings (SSSR count). The molecule has 2 amide bonds. The number of hydrogen-bond donors (Lipinski definition) is 3. The average molecular weight is 591 g/mol. The molecule has 12 nitrogen and oxygen atoms in total. The van der Waals surface area contributed by atoms with Crippen molar-refractivity contribution < 1.29 is 29.3 Å². The maximum absolute atomic E-state index is 13.9. The van der Waals surface area contributed by atoms with E-state index in [0.717, 1.165) is 53.4 Å².